The molecule has 0 aliphatic carbocycles. The number of aliphatic hydroxyl groups is 1. The molecule has 0 spiro atoms. The fourth-order valence-electron chi connectivity index (χ4n) is 1.97. The van der Waals surface area contributed by atoms with E-state index in [1.807, 2.05) is 12.1 Å². The molecule has 0 fully saturated rings. The lowest BCUT2D eigenvalue weighted by Crippen LogP contribution is -1.90. The highest BCUT2D eigenvalue weighted by Crippen LogP contribution is 2.22. The van der Waals surface area contributed by atoms with Gasteiger partial charge in [0.15, 0.2) is 0 Å². The molecular formula is C15H11FN2O. The number of aliphatic hydroxyl groups excluding tert-OH is 1. The second kappa shape index (κ2) is 4.74. The van der Waals surface area contributed by atoms with Crippen LogP contribution >= 0.6 is 0 Å². The summed E-state index contributed by atoms with van der Waals surface area (Å²) in [5.74, 6) is -0.298. The molecule has 0 saturated heterocycles. The number of rotatable bonds is 2. The molecule has 3 aromatic rings. The van der Waals surface area contributed by atoms with E-state index in [-0.39, 0.29) is 12.4 Å². The number of fused-ring (bicyclic) bond motifs is 1. The fourth-order valence-corrected chi connectivity index (χ4v) is 1.97. The number of halogens is 1. The van der Waals surface area contributed by atoms with Crippen molar-refractivity contribution in [3.8, 4) is 11.3 Å². The highest BCUT2D eigenvalue weighted by atomic mass is 19.1. The van der Waals surface area contributed by atoms with Gasteiger partial charge in [0.25, 0.3) is 0 Å². The molecule has 1 aromatic carbocycles. The van der Waals surface area contributed by atoms with Gasteiger partial charge in [0.2, 0.25) is 0 Å². The molecule has 0 bridgehead atoms. The van der Waals surface area contributed by atoms with Crippen LogP contribution < -0.4 is 0 Å². The predicted molar refractivity (Wildman–Crippen MR) is 70.9 cm³/mol. The van der Waals surface area contributed by atoms with Gasteiger partial charge < -0.3 is 5.11 Å². The summed E-state index contributed by atoms with van der Waals surface area (Å²) in [6.07, 6.45) is 3.31. The first-order valence-corrected chi connectivity index (χ1v) is 5.88. The van der Waals surface area contributed by atoms with Crippen molar-refractivity contribution in [3.05, 3.63) is 60.2 Å². The van der Waals surface area contributed by atoms with Gasteiger partial charge in [-0.1, -0.05) is 0 Å². The summed E-state index contributed by atoms with van der Waals surface area (Å²) in [6.45, 7) is -0.0261. The molecule has 0 atom stereocenters. The normalized spacial score (nSPS) is 10.8. The van der Waals surface area contributed by atoms with E-state index in [1.165, 1.54) is 12.1 Å². The van der Waals surface area contributed by atoms with Crippen LogP contribution in [0.25, 0.3) is 22.2 Å². The van der Waals surface area contributed by atoms with Crippen molar-refractivity contribution in [3.63, 3.8) is 0 Å². The summed E-state index contributed by atoms with van der Waals surface area (Å²) >= 11 is 0. The molecular weight excluding hydrogens is 243 g/mol. The summed E-state index contributed by atoms with van der Waals surface area (Å²) in [6, 6.07) is 9.98. The maximum Gasteiger partial charge on any atom is 0.125 e. The summed E-state index contributed by atoms with van der Waals surface area (Å²) < 4.78 is 13.1. The summed E-state index contributed by atoms with van der Waals surface area (Å²) in [5.41, 5.74) is 2.99. The molecule has 1 N–H and O–H groups in total. The topological polar surface area (TPSA) is 46.0 Å². The Bertz CT molecular complexity index is 743. The Morgan fingerprint density at radius 1 is 1.05 bits per heavy atom. The van der Waals surface area contributed by atoms with Gasteiger partial charge in [-0.25, -0.2) is 4.39 Å². The van der Waals surface area contributed by atoms with Crippen molar-refractivity contribution in [1.82, 2.24) is 9.97 Å². The average Bonchev–Trinajstić information content (AvgIpc) is 2.46. The van der Waals surface area contributed by atoms with Crippen LogP contribution in [0, 0.1) is 5.82 Å². The summed E-state index contributed by atoms with van der Waals surface area (Å²) in [5, 5.41) is 9.98. The fraction of sp³-hybridized carbons (Fsp3) is 0.0667. The smallest absolute Gasteiger partial charge is 0.125 e. The Kier molecular flexibility index (Phi) is 2.93. The van der Waals surface area contributed by atoms with Crippen LogP contribution in [0.1, 0.15) is 5.56 Å². The molecule has 2 heterocycles. The number of hydrogen-bond acceptors (Lipinski definition) is 3. The van der Waals surface area contributed by atoms with E-state index in [0.717, 1.165) is 22.2 Å². The Hall–Kier alpha value is -2.33. The van der Waals surface area contributed by atoms with Crippen LogP contribution in [-0.2, 0) is 6.61 Å². The summed E-state index contributed by atoms with van der Waals surface area (Å²) in [7, 11) is 0. The van der Waals surface area contributed by atoms with Crippen LogP contribution in [0.3, 0.4) is 0 Å². The Morgan fingerprint density at radius 2 is 1.95 bits per heavy atom. The minimum Gasteiger partial charge on any atom is -0.392 e. The zero-order valence-corrected chi connectivity index (χ0v) is 10.0. The summed E-state index contributed by atoms with van der Waals surface area (Å²) in [4.78, 5) is 8.49. The van der Waals surface area contributed by atoms with E-state index >= 15 is 0 Å². The van der Waals surface area contributed by atoms with Gasteiger partial charge in [0.05, 0.1) is 17.8 Å². The molecule has 0 radical (unpaired) electrons. The average molecular weight is 254 g/mol. The quantitative estimate of drug-likeness (QED) is 0.764. The highest BCUT2D eigenvalue weighted by Gasteiger charge is 2.04. The molecule has 4 heteroatoms. The number of pyridine rings is 2. The molecule has 0 unspecified atom stereocenters. The van der Waals surface area contributed by atoms with Crippen LogP contribution in [0.2, 0.25) is 0 Å². The third-order valence-corrected chi connectivity index (χ3v) is 2.95. The monoisotopic (exact) mass is 254 g/mol. The third kappa shape index (κ3) is 2.30. The largest absolute Gasteiger partial charge is 0.392 e. The molecule has 0 aliphatic rings. The Labute approximate surface area is 109 Å². The first-order chi connectivity index (χ1) is 9.26. The van der Waals surface area contributed by atoms with Gasteiger partial charge in [-0.2, -0.15) is 0 Å². The third-order valence-electron chi connectivity index (χ3n) is 2.95. The Morgan fingerprint density at radius 3 is 2.79 bits per heavy atom. The molecule has 3 nitrogen and oxygen atoms in total. The maximum atomic E-state index is 13.1. The zero-order chi connectivity index (χ0) is 13.2. The molecule has 0 aliphatic heterocycles. The zero-order valence-electron chi connectivity index (χ0n) is 10.0. The van der Waals surface area contributed by atoms with Crippen LogP contribution in [0.15, 0.2) is 48.8 Å². The van der Waals surface area contributed by atoms with E-state index in [1.54, 1.807) is 24.5 Å². The lowest BCUT2D eigenvalue weighted by atomic mass is 10.1. The maximum absolute atomic E-state index is 13.1. The number of nitrogens with zero attached hydrogens (tertiary/aromatic N) is 2. The second-order valence-electron chi connectivity index (χ2n) is 4.27. The van der Waals surface area contributed by atoms with Crippen molar-refractivity contribution < 1.29 is 9.50 Å². The molecule has 0 amide bonds. The van der Waals surface area contributed by atoms with E-state index in [2.05, 4.69) is 9.97 Å². The van der Waals surface area contributed by atoms with Crippen molar-refractivity contribution in [2.24, 2.45) is 0 Å². The van der Waals surface area contributed by atoms with Crippen molar-refractivity contribution in [2.75, 3.05) is 0 Å². The molecule has 0 saturated carbocycles. The van der Waals surface area contributed by atoms with Crippen LogP contribution in [0.4, 0.5) is 4.39 Å². The van der Waals surface area contributed by atoms with Crippen molar-refractivity contribution >= 4 is 10.9 Å². The molecule has 94 valence electrons. The van der Waals surface area contributed by atoms with Crippen LogP contribution in [0.5, 0.6) is 0 Å². The Balaban J connectivity index is 2.12. The van der Waals surface area contributed by atoms with Gasteiger partial charge >= 0.3 is 0 Å². The van der Waals surface area contributed by atoms with Gasteiger partial charge in [-0.3, -0.25) is 9.97 Å². The SMILES string of the molecule is OCc1ccnc(-c2cnc3cc(F)ccc3c2)c1. The first-order valence-electron chi connectivity index (χ1n) is 5.88. The van der Waals surface area contributed by atoms with E-state index in [4.69, 9.17) is 5.11 Å². The van der Waals surface area contributed by atoms with E-state index in [9.17, 15) is 4.39 Å². The van der Waals surface area contributed by atoms with Crippen molar-refractivity contribution in [2.45, 2.75) is 6.61 Å². The number of benzene rings is 1. The lowest BCUT2D eigenvalue weighted by molar-refractivity contribution is 0.282. The minimum absolute atomic E-state index is 0.0261. The second-order valence-corrected chi connectivity index (χ2v) is 4.27. The van der Waals surface area contributed by atoms with Gasteiger partial charge in [-0.15, -0.1) is 0 Å². The van der Waals surface area contributed by atoms with E-state index in [0.29, 0.717) is 5.52 Å². The molecule has 3 rings (SSSR count). The highest BCUT2D eigenvalue weighted by molar-refractivity contribution is 5.82. The van der Waals surface area contributed by atoms with E-state index < -0.39 is 0 Å². The number of hydrogen-bond donors (Lipinski definition) is 1. The van der Waals surface area contributed by atoms with Gasteiger partial charge in [-0.05, 0) is 35.9 Å². The van der Waals surface area contributed by atoms with Gasteiger partial charge in [0, 0.05) is 29.4 Å². The molecule has 2 aromatic heterocycles. The lowest BCUT2D eigenvalue weighted by Gasteiger charge is -2.04. The minimum atomic E-state index is -0.298. The van der Waals surface area contributed by atoms with Crippen LogP contribution in [-0.4, -0.2) is 15.1 Å². The molecule has 19 heavy (non-hydrogen) atoms. The standard InChI is InChI=1S/C15H11FN2O/c16-13-2-1-11-6-12(8-18-15(11)7-13)14-5-10(9-19)3-4-17-14/h1-8,19H,9H2. The predicted octanol–water partition coefficient (Wildman–Crippen LogP) is 2.93. The van der Waals surface area contributed by atoms with Gasteiger partial charge in [0.1, 0.15) is 5.82 Å². The number of aromatic nitrogens is 2. The van der Waals surface area contributed by atoms with Crippen molar-refractivity contribution in [1.29, 1.82) is 0 Å². The first kappa shape index (κ1) is 11.7.